The summed E-state index contributed by atoms with van der Waals surface area (Å²) in [5.41, 5.74) is 3.55. The fourth-order valence-electron chi connectivity index (χ4n) is 6.37. The highest BCUT2D eigenvalue weighted by molar-refractivity contribution is 7.70. The molecule has 2 aliphatic heterocycles. The van der Waals surface area contributed by atoms with Gasteiger partial charge in [0.2, 0.25) is 5.95 Å². The van der Waals surface area contributed by atoms with Gasteiger partial charge in [0.05, 0.1) is 23.1 Å². The van der Waals surface area contributed by atoms with Crippen LogP contribution in [0.2, 0.25) is 5.02 Å². The fourth-order valence-corrected chi connectivity index (χ4v) is 7.66. The second kappa shape index (κ2) is 14.7. The Morgan fingerprint density at radius 3 is 2.40 bits per heavy atom. The number of nitriles is 1. The molecule has 2 N–H and O–H groups in total. The summed E-state index contributed by atoms with van der Waals surface area (Å²) >= 11 is 6.46. The third kappa shape index (κ3) is 8.59. The van der Waals surface area contributed by atoms with Crippen LogP contribution >= 0.6 is 18.7 Å². The van der Waals surface area contributed by atoms with Crippen LogP contribution in [0.15, 0.2) is 42.6 Å². The van der Waals surface area contributed by atoms with E-state index in [1.807, 2.05) is 51.1 Å². The van der Waals surface area contributed by atoms with Gasteiger partial charge in [-0.15, -0.1) is 0 Å². The first-order chi connectivity index (χ1) is 22.8. The number of piperazine rings is 1. The molecule has 1 amide bonds. The van der Waals surface area contributed by atoms with Crippen molar-refractivity contribution in [2.75, 3.05) is 68.1 Å². The monoisotopic (exact) mass is 692 g/mol. The van der Waals surface area contributed by atoms with E-state index in [9.17, 15) is 14.6 Å². The number of piperidine rings is 1. The van der Waals surface area contributed by atoms with Gasteiger partial charge in [0, 0.05) is 56.3 Å². The van der Waals surface area contributed by atoms with Gasteiger partial charge in [0.25, 0.3) is 0 Å². The highest BCUT2D eigenvalue weighted by atomic mass is 35.5. The van der Waals surface area contributed by atoms with E-state index >= 15 is 0 Å². The number of ether oxygens (including phenoxy) is 1. The number of amides is 1. The maximum atomic E-state index is 12.9. The summed E-state index contributed by atoms with van der Waals surface area (Å²) in [5, 5.41) is 17.8. The number of nitrogens with one attached hydrogen (secondary N) is 2. The number of halogens is 1. The molecular formula is C35H46ClN8O3P. The Morgan fingerprint density at radius 1 is 1.08 bits per heavy atom. The molecule has 256 valence electrons. The molecule has 2 aromatic carbocycles. The number of para-hydroxylation sites is 1. The lowest BCUT2D eigenvalue weighted by molar-refractivity contribution is 0.00902. The van der Waals surface area contributed by atoms with Gasteiger partial charge in [-0.1, -0.05) is 30.7 Å². The first kappa shape index (κ1) is 35.5. The molecular weight excluding hydrogens is 647 g/mol. The number of rotatable bonds is 8. The first-order valence-corrected chi connectivity index (χ1v) is 19.5. The van der Waals surface area contributed by atoms with Crippen molar-refractivity contribution < 1.29 is 14.1 Å². The van der Waals surface area contributed by atoms with Crippen molar-refractivity contribution >= 4 is 59.0 Å². The molecule has 3 heterocycles. The van der Waals surface area contributed by atoms with Crippen molar-refractivity contribution in [1.82, 2.24) is 19.8 Å². The van der Waals surface area contributed by atoms with E-state index in [1.54, 1.807) is 18.2 Å². The normalized spacial score (nSPS) is 16.4. The van der Waals surface area contributed by atoms with E-state index in [4.69, 9.17) is 16.3 Å². The summed E-state index contributed by atoms with van der Waals surface area (Å²) in [6.45, 7) is 15.9. The minimum Gasteiger partial charge on any atom is -0.444 e. The number of anilines is 5. The van der Waals surface area contributed by atoms with Crippen LogP contribution in [0.1, 0.15) is 51.7 Å². The maximum absolute atomic E-state index is 12.9. The fraction of sp³-hybridized carbons (Fsp3) is 0.486. The zero-order chi connectivity index (χ0) is 34.6. The summed E-state index contributed by atoms with van der Waals surface area (Å²) in [6, 6.07) is 14.2. The number of hydrogen-bond donors (Lipinski definition) is 2. The number of aromatic nitrogens is 2. The van der Waals surface area contributed by atoms with E-state index in [-0.39, 0.29) is 6.09 Å². The van der Waals surface area contributed by atoms with Crippen molar-refractivity contribution in [2.45, 2.75) is 58.6 Å². The van der Waals surface area contributed by atoms with E-state index in [1.165, 1.54) is 6.20 Å². The lowest BCUT2D eigenvalue weighted by atomic mass is 9.97. The number of aryl methyl sites for hydroxylation is 1. The Morgan fingerprint density at radius 2 is 1.77 bits per heavy atom. The predicted octanol–water partition coefficient (Wildman–Crippen LogP) is 6.82. The highest BCUT2D eigenvalue weighted by Crippen LogP contribution is 2.39. The number of nitrogens with zero attached hydrogens (tertiary/aromatic N) is 6. The van der Waals surface area contributed by atoms with Crippen LogP contribution < -0.4 is 20.8 Å². The molecule has 2 saturated heterocycles. The zero-order valence-electron chi connectivity index (χ0n) is 28.7. The topological polar surface area (TPSA) is 127 Å². The summed E-state index contributed by atoms with van der Waals surface area (Å²) < 4.78 is 18.4. The average molecular weight is 693 g/mol. The van der Waals surface area contributed by atoms with E-state index in [2.05, 4.69) is 49.5 Å². The van der Waals surface area contributed by atoms with Gasteiger partial charge in [-0.2, -0.15) is 10.2 Å². The van der Waals surface area contributed by atoms with Gasteiger partial charge in [0.1, 0.15) is 23.8 Å². The highest BCUT2D eigenvalue weighted by Gasteiger charge is 2.32. The summed E-state index contributed by atoms with van der Waals surface area (Å²) in [5.74, 6) is 0.707. The van der Waals surface area contributed by atoms with E-state index < -0.39 is 12.7 Å². The lowest BCUT2D eigenvalue weighted by Crippen LogP contribution is -2.55. The number of hydrogen-bond acceptors (Lipinski definition) is 10. The van der Waals surface area contributed by atoms with Crippen LogP contribution in [0, 0.1) is 11.3 Å². The van der Waals surface area contributed by atoms with Crippen LogP contribution in [0.4, 0.5) is 33.6 Å². The quantitative estimate of drug-likeness (QED) is 0.243. The molecule has 0 atom stereocenters. The van der Waals surface area contributed by atoms with Crippen molar-refractivity contribution in [3.05, 3.63) is 58.7 Å². The minimum absolute atomic E-state index is 0.238. The van der Waals surface area contributed by atoms with Crippen LogP contribution in [-0.4, -0.2) is 90.1 Å². The molecule has 0 aliphatic carbocycles. The summed E-state index contributed by atoms with van der Waals surface area (Å²) in [6.07, 6.45) is 4.01. The third-order valence-electron chi connectivity index (χ3n) is 8.69. The van der Waals surface area contributed by atoms with Crippen molar-refractivity contribution in [3.8, 4) is 6.07 Å². The van der Waals surface area contributed by atoms with E-state index in [0.717, 1.165) is 56.7 Å². The van der Waals surface area contributed by atoms with Crippen molar-refractivity contribution in [1.29, 1.82) is 5.26 Å². The minimum atomic E-state index is -2.55. The van der Waals surface area contributed by atoms with Crippen LogP contribution in [0.25, 0.3) is 0 Å². The second-order valence-electron chi connectivity index (χ2n) is 13.7. The summed E-state index contributed by atoms with van der Waals surface area (Å²) in [7, 11) is -2.55. The smallest absolute Gasteiger partial charge is 0.410 e. The first-order valence-electron chi connectivity index (χ1n) is 16.5. The standard InChI is InChI=1S/C35H46ClN8O3P/c1-7-24-20-26(39-33-38-23-28(36)32(41-33)40-29-10-8-9-11-30(29)48(5,6)46)21-25(22-37)31(24)43-14-12-27(13-15-43)42-16-18-44(19-17-42)34(45)47-35(2,3)4/h8-11,20-21,23,27H,7,12-19H2,1-6H3,(H2,38,39,40,41). The van der Waals surface area contributed by atoms with Gasteiger partial charge in [-0.25, -0.2) is 9.78 Å². The van der Waals surface area contributed by atoms with E-state index in [0.29, 0.717) is 58.2 Å². The maximum Gasteiger partial charge on any atom is 0.410 e. The SMILES string of the molecule is CCc1cc(Nc2ncc(Cl)c(Nc3ccccc3P(C)(C)=O)n2)cc(C#N)c1N1CCC(N2CCN(C(=O)OC(C)(C)C)CC2)CC1. The van der Waals surface area contributed by atoms with Gasteiger partial charge in [-0.05, 0) is 83.2 Å². The lowest BCUT2D eigenvalue weighted by Gasteiger charge is -2.43. The molecule has 0 bridgehead atoms. The number of benzene rings is 2. The van der Waals surface area contributed by atoms with Crippen LogP contribution in [0.3, 0.4) is 0 Å². The second-order valence-corrected chi connectivity index (χ2v) is 17.3. The molecule has 5 rings (SSSR count). The Labute approximate surface area is 289 Å². The average Bonchev–Trinajstić information content (AvgIpc) is 3.05. The number of carbonyl (C=O) groups excluding carboxylic acids is 1. The Hall–Kier alpha value is -3.84. The molecule has 48 heavy (non-hydrogen) atoms. The molecule has 0 saturated carbocycles. The van der Waals surface area contributed by atoms with Gasteiger partial charge < -0.3 is 29.7 Å². The van der Waals surface area contributed by atoms with Gasteiger partial charge in [-0.3, -0.25) is 4.90 Å². The van der Waals surface area contributed by atoms with Crippen molar-refractivity contribution in [3.63, 3.8) is 0 Å². The molecule has 0 radical (unpaired) electrons. The molecule has 1 aromatic heterocycles. The van der Waals surface area contributed by atoms with Crippen LogP contribution in [-0.2, 0) is 15.7 Å². The van der Waals surface area contributed by atoms with Crippen LogP contribution in [0.5, 0.6) is 0 Å². The van der Waals surface area contributed by atoms with Gasteiger partial charge in [0.15, 0.2) is 5.82 Å². The number of carbonyl (C=O) groups is 1. The Kier molecular flexibility index (Phi) is 10.9. The van der Waals surface area contributed by atoms with Gasteiger partial charge >= 0.3 is 6.09 Å². The molecule has 13 heteroatoms. The predicted molar refractivity (Wildman–Crippen MR) is 194 cm³/mol. The zero-order valence-corrected chi connectivity index (χ0v) is 30.4. The molecule has 2 fully saturated rings. The largest absolute Gasteiger partial charge is 0.444 e. The third-order valence-corrected chi connectivity index (χ3v) is 10.5. The van der Waals surface area contributed by atoms with Crippen molar-refractivity contribution in [2.24, 2.45) is 0 Å². The molecule has 2 aliphatic rings. The molecule has 11 nitrogen and oxygen atoms in total. The molecule has 0 unspecified atom stereocenters. The molecule has 3 aromatic rings. The Balaban J connectivity index is 1.25. The summed E-state index contributed by atoms with van der Waals surface area (Å²) in [4.78, 5) is 28.1. The molecule has 0 spiro atoms. The Bertz CT molecular complexity index is 1720.